The van der Waals surface area contributed by atoms with Crippen LogP contribution in [0, 0.1) is 0 Å². The zero-order valence-corrected chi connectivity index (χ0v) is 15.0. The molecular weight excluding hydrogens is 272 g/mol. The van der Waals surface area contributed by atoms with Gasteiger partial charge in [0.15, 0.2) is 0 Å². The van der Waals surface area contributed by atoms with E-state index >= 15 is 0 Å². The summed E-state index contributed by atoms with van der Waals surface area (Å²) in [7, 11) is 4.21. The van der Waals surface area contributed by atoms with Crippen molar-refractivity contribution in [1.29, 1.82) is 0 Å². The molecule has 1 heterocycles. The standard InChI is InChI=1S/C18H32N4/c1-7-13(2)20-18-10-16(8-9-17(18)19-5)22-11-14(3)21(6)15(4)12-22/h8-10,13-15,19-20H,7,11-12H2,1-6H3/t13?,14-,15+. The number of nitrogens with zero attached hydrogens (tertiary/aromatic N) is 2. The van der Waals surface area contributed by atoms with Crippen LogP contribution in [-0.4, -0.2) is 50.2 Å². The van der Waals surface area contributed by atoms with E-state index < -0.39 is 0 Å². The van der Waals surface area contributed by atoms with Gasteiger partial charge in [-0.05, 0) is 52.4 Å². The van der Waals surface area contributed by atoms with E-state index in [0.29, 0.717) is 18.1 Å². The smallest absolute Gasteiger partial charge is 0.0598 e. The highest BCUT2D eigenvalue weighted by Gasteiger charge is 2.26. The first-order chi connectivity index (χ1) is 10.5. The first-order valence-electron chi connectivity index (χ1n) is 8.51. The normalized spacial score (nSPS) is 24.2. The van der Waals surface area contributed by atoms with Gasteiger partial charge in [-0.2, -0.15) is 0 Å². The summed E-state index contributed by atoms with van der Waals surface area (Å²) in [5.74, 6) is 0. The fourth-order valence-corrected chi connectivity index (χ4v) is 3.05. The number of hydrogen-bond acceptors (Lipinski definition) is 4. The quantitative estimate of drug-likeness (QED) is 0.872. The van der Waals surface area contributed by atoms with Crippen LogP contribution in [0.4, 0.5) is 17.1 Å². The summed E-state index contributed by atoms with van der Waals surface area (Å²) < 4.78 is 0. The van der Waals surface area contributed by atoms with Crippen molar-refractivity contribution >= 4 is 17.1 Å². The van der Waals surface area contributed by atoms with Gasteiger partial charge in [0.2, 0.25) is 0 Å². The lowest BCUT2D eigenvalue weighted by atomic mass is 10.1. The molecule has 0 bridgehead atoms. The Hall–Kier alpha value is -1.42. The highest BCUT2D eigenvalue weighted by Crippen LogP contribution is 2.30. The average molecular weight is 304 g/mol. The Bertz CT molecular complexity index is 476. The SMILES string of the molecule is CCC(C)Nc1cc(N2C[C@@H](C)N(C)[C@@H](C)C2)ccc1NC. The second-order valence-electron chi connectivity index (χ2n) is 6.70. The monoisotopic (exact) mass is 304 g/mol. The van der Waals surface area contributed by atoms with Crippen molar-refractivity contribution in [3.05, 3.63) is 18.2 Å². The molecule has 0 amide bonds. The summed E-state index contributed by atoms with van der Waals surface area (Å²) in [6, 6.07) is 8.36. The van der Waals surface area contributed by atoms with Crippen LogP contribution in [0.2, 0.25) is 0 Å². The van der Waals surface area contributed by atoms with E-state index in [1.54, 1.807) is 0 Å². The Morgan fingerprint density at radius 3 is 2.36 bits per heavy atom. The van der Waals surface area contributed by atoms with E-state index in [0.717, 1.165) is 19.5 Å². The van der Waals surface area contributed by atoms with Crippen molar-refractivity contribution < 1.29 is 0 Å². The van der Waals surface area contributed by atoms with E-state index in [-0.39, 0.29) is 0 Å². The van der Waals surface area contributed by atoms with Gasteiger partial charge in [-0.15, -0.1) is 0 Å². The molecule has 1 aromatic carbocycles. The van der Waals surface area contributed by atoms with Crippen molar-refractivity contribution in [1.82, 2.24) is 4.90 Å². The third-order valence-electron chi connectivity index (χ3n) is 5.01. The average Bonchev–Trinajstić information content (AvgIpc) is 2.51. The summed E-state index contributed by atoms with van der Waals surface area (Å²) in [5, 5.41) is 6.91. The topological polar surface area (TPSA) is 30.5 Å². The summed E-state index contributed by atoms with van der Waals surface area (Å²) in [6.45, 7) is 11.2. The summed E-state index contributed by atoms with van der Waals surface area (Å²) in [6.07, 6.45) is 1.12. The molecule has 1 saturated heterocycles. The Kier molecular flexibility index (Phi) is 5.57. The van der Waals surface area contributed by atoms with Gasteiger partial charge in [-0.1, -0.05) is 6.92 Å². The zero-order chi connectivity index (χ0) is 16.3. The molecule has 2 rings (SSSR count). The highest BCUT2D eigenvalue weighted by atomic mass is 15.3. The number of piperazine rings is 1. The van der Waals surface area contributed by atoms with E-state index in [2.05, 4.69) is 73.4 Å². The van der Waals surface area contributed by atoms with Gasteiger partial charge in [0.1, 0.15) is 0 Å². The minimum atomic E-state index is 0.479. The van der Waals surface area contributed by atoms with Crippen molar-refractivity contribution in [3.8, 4) is 0 Å². The second-order valence-corrected chi connectivity index (χ2v) is 6.70. The number of nitrogens with one attached hydrogen (secondary N) is 2. The van der Waals surface area contributed by atoms with Crippen LogP contribution in [0.3, 0.4) is 0 Å². The predicted octanol–water partition coefficient (Wildman–Crippen LogP) is 3.47. The lowest BCUT2D eigenvalue weighted by Crippen LogP contribution is -2.55. The van der Waals surface area contributed by atoms with Crippen LogP contribution in [0.25, 0.3) is 0 Å². The molecule has 124 valence electrons. The van der Waals surface area contributed by atoms with Gasteiger partial charge in [0.25, 0.3) is 0 Å². The van der Waals surface area contributed by atoms with E-state index in [1.165, 1.54) is 17.1 Å². The molecule has 2 N–H and O–H groups in total. The molecule has 3 atom stereocenters. The molecule has 0 spiro atoms. The Morgan fingerprint density at radius 2 is 1.82 bits per heavy atom. The predicted molar refractivity (Wildman–Crippen MR) is 98.3 cm³/mol. The van der Waals surface area contributed by atoms with Crippen LogP contribution >= 0.6 is 0 Å². The van der Waals surface area contributed by atoms with Gasteiger partial charge in [0, 0.05) is 44.0 Å². The van der Waals surface area contributed by atoms with Gasteiger partial charge in [0.05, 0.1) is 11.4 Å². The van der Waals surface area contributed by atoms with Crippen LogP contribution in [0.1, 0.15) is 34.1 Å². The molecular formula is C18H32N4. The summed E-state index contributed by atoms with van der Waals surface area (Å²) in [4.78, 5) is 4.98. The zero-order valence-electron chi connectivity index (χ0n) is 15.0. The Morgan fingerprint density at radius 1 is 1.18 bits per heavy atom. The Labute approximate surface area is 135 Å². The maximum absolute atomic E-state index is 3.62. The van der Waals surface area contributed by atoms with Gasteiger partial charge in [-0.3, -0.25) is 4.90 Å². The van der Waals surface area contributed by atoms with Crippen molar-refractivity contribution in [2.75, 3.05) is 42.7 Å². The highest BCUT2D eigenvalue weighted by molar-refractivity contribution is 5.74. The second kappa shape index (κ2) is 7.23. The lowest BCUT2D eigenvalue weighted by Gasteiger charge is -2.43. The van der Waals surface area contributed by atoms with Crippen LogP contribution in [0.5, 0.6) is 0 Å². The third kappa shape index (κ3) is 3.67. The maximum Gasteiger partial charge on any atom is 0.0598 e. The molecule has 22 heavy (non-hydrogen) atoms. The van der Waals surface area contributed by atoms with Crippen LogP contribution in [0.15, 0.2) is 18.2 Å². The number of rotatable bonds is 5. The maximum atomic E-state index is 3.62. The van der Waals surface area contributed by atoms with E-state index in [1.807, 2.05) is 7.05 Å². The molecule has 1 aliphatic heterocycles. The molecule has 1 fully saturated rings. The molecule has 1 unspecified atom stereocenters. The van der Waals surface area contributed by atoms with E-state index in [9.17, 15) is 0 Å². The number of likely N-dealkylation sites (N-methyl/N-ethyl adjacent to an activating group) is 1. The fourth-order valence-electron chi connectivity index (χ4n) is 3.05. The number of benzene rings is 1. The van der Waals surface area contributed by atoms with Crippen LogP contribution in [-0.2, 0) is 0 Å². The lowest BCUT2D eigenvalue weighted by molar-refractivity contribution is 0.170. The molecule has 0 aliphatic carbocycles. The van der Waals surface area contributed by atoms with E-state index in [4.69, 9.17) is 0 Å². The van der Waals surface area contributed by atoms with Gasteiger partial charge >= 0.3 is 0 Å². The van der Waals surface area contributed by atoms with Gasteiger partial charge < -0.3 is 15.5 Å². The first kappa shape index (κ1) is 16.9. The molecule has 4 heteroatoms. The minimum absolute atomic E-state index is 0.479. The van der Waals surface area contributed by atoms with Crippen LogP contribution < -0.4 is 15.5 Å². The summed E-state index contributed by atoms with van der Waals surface area (Å²) >= 11 is 0. The molecule has 4 nitrogen and oxygen atoms in total. The Balaban J connectivity index is 2.22. The van der Waals surface area contributed by atoms with Crippen molar-refractivity contribution in [2.24, 2.45) is 0 Å². The van der Waals surface area contributed by atoms with Crippen molar-refractivity contribution in [3.63, 3.8) is 0 Å². The largest absolute Gasteiger partial charge is 0.386 e. The minimum Gasteiger partial charge on any atom is -0.386 e. The van der Waals surface area contributed by atoms with Crippen molar-refractivity contribution in [2.45, 2.75) is 52.2 Å². The molecule has 1 aliphatic rings. The number of hydrogen-bond donors (Lipinski definition) is 2. The number of anilines is 3. The molecule has 0 radical (unpaired) electrons. The molecule has 0 aromatic heterocycles. The first-order valence-corrected chi connectivity index (χ1v) is 8.51. The fraction of sp³-hybridized carbons (Fsp3) is 0.667. The third-order valence-corrected chi connectivity index (χ3v) is 5.01. The summed E-state index contributed by atoms with van der Waals surface area (Å²) in [5.41, 5.74) is 3.68. The molecule has 0 saturated carbocycles. The van der Waals surface area contributed by atoms with Gasteiger partial charge in [-0.25, -0.2) is 0 Å². The molecule has 1 aromatic rings.